The first kappa shape index (κ1) is 12.7. The van der Waals surface area contributed by atoms with Crippen molar-refractivity contribution in [1.82, 2.24) is 0 Å². The van der Waals surface area contributed by atoms with Gasteiger partial charge in [0, 0.05) is 18.4 Å². The number of Topliss-reactive ketones (excluding diaryl/α,β-unsaturated/α-hetero) is 1. The van der Waals surface area contributed by atoms with Crippen molar-refractivity contribution in [2.45, 2.75) is 46.1 Å². The van der Waals surface area contributed by atoms with Crippen LogP contribution in [0.3, 0.4) is 0 Å². The molecular formula is C13H18O3. The second-order valence-corrected chi connectivity index (χ2v) is 4.36. The summed E-state index contributed by atoms with van der Waals surface area (Å²) in [4.78, 5) is 22.2. The number of carbonyl (C=O) groups excluding carboxylic acids is 2. The van der Waals surface area contributed by atoms with E-state index in [-0.39, 0.29) is 17.9 Å². The predicted octanol–water partition coefficient (Wildman–Crippen LogP) is 2.56. The van der Waals surface area contributed by atoms with Crippen LogP contribution in [0.5, 0.6) is 0 Å². The molecule has 0 aromatic carbocycles. The van der Waals surface area contributed by atoms with E-state index in [1.807, 2.05) is 26.0 Å². The zero-order valence-corrected chi connectivity index (χ0v) is 10.1. The zero-order valence-electron chi connectivity index (χ0n) is 10.1. The molecule has 0 aromatic heterocycles. The molecule has 16 heavy (non-hydrogen) atoms. The molecule has 0 saturated carbocycles. The van der Waals surface area contributed by atoms with Crippen molar-refractivity contribution >= 4 is 11.8 Å². The Hall–Kier alpha value is -1.38. The number of allylic oxidation sites excluding steroid dienone is 2. The number of ether oxygens (including phenoxy) is 1. The topological polar surface area (TPSA) is 43.4 Å². The predicted molar refractivity (Wildman–Crippen MR) is 61.9 cm³/mol. The largest absolute Gasteiger partial charge is 0.454 e. The van der Waals surface area contributed by atoms with Crippen molar-refractivity contribution in [2.75, 3.05) is 0 Å². The van der Waals surface area contributed by atoms with Gasteiger partial charge in [-0.05, 0) is 33.3 Å². The minimum absolute atomic E-state index is 0.124. The number of hydrogen-bond acceptors (Lipinski definition) is 3. The molecule has 0 aromatic rings. The van der Waals surface area contributed by atoms with Gasteiger partial charge in [-0.1, -0.05) is 11.6 Å². The molecule has 3 nitrogen and oxygen atoms in total. The highest BCUT2D eigenvalue weighted by Crippen LogP contribution is 2.22. The van der Waals surface area contributed by atoms with Crippen LogP contribution in [-0.4, -0.2) is 17.9 Å². The van der Waals surface area contributed by atoms with Gasteiger partial charge in [-0.2, -0.15) is 0 Å². The standard InChI is InChI=1S/C13H18O3/c1-9(2)7-12-8-11(13(15)16-12)6-4-5-10(3)14/h6-7,12H,4-5,8H2,1-3H3/b11-6+/t12-/m1/s1. The van der Waals surface area contributed by atoms with E-state index >= 15 is 0 Å². The number of rotatable bonds is 4. The molecule has 88 valence electrons. The maximum absolute atomic E-state index is 11.4. The van der Waals surface area contributed by atoms with Crippen LogP contribution in [0, 0.1) is 0 Å². The molecule has 1 atom stereocenters. The highest BCUT2D eigenvalue weighted by Gasteiger charge is 2.26. The molecule has 1 aliphatic heterocycles. The summed E-state index contributed by atoms with van der Waals surface area (Å²) in [6.07, 6.45) is 5.39. The summed E-state index contributed by atoms with van der Waals surface area (Å²) in [6.45, 7) is 5.51. The van der Waals surface area contributed by atoms with Crippen molar-refractivity contribution in [3.63, 3.8) is 0 Å². The van der Waals surface area contributed by atoms with Gasteiger partial charge in [0.05, 0.1) is 0 Å². The molecular weight excluding hydrogens is 204 g/mol. The monoisotopic (exact) mass is 222 g/mol. The lowest BCUT2D eigenvalue weighted by atomic mass is 10.1. The molecule has 1 fully saturated rings. The molecule has 0 radical (unpaired) electrons. The Labute approximate surface area is 96.2 Å². The van der Waals surface area contributed by atoms with Gasteiger partial charge in [0.2, 0.25) is 0 Å². The lowest BCUT2D eigenvalue weighted by molar-refractivity contribution is -0.137. The van der Waals surface area contributed by atoms with Gasteiger partial charge in [0.25, 0.3) is 0 Å². The van der Waals surface area contributed by atoms with Crippen molar-refractivity contribution in [3.8, 4) is 0 Å². The highest BCUT2D eigenvalue weighted by atomic mass is 16.5. The fourth-order valence-electron chi connectivity index (χ4n) is 1.64. The van der Waals surface area contributed by atoms with Crippen molar-refractivity contribution in [2.24, 2.45) is 0 Å². The smallest absolute Gasteiger partial charge is 0.334 e. The van der Waals surface area contributed by atoms with Crippen LogP contribution >= 0.6 is 0 Å². The van der Waals surface area contributed by atoms with Gasteiger partial charge in [0.1, 0.15) is 11.9 Å². The van der Waals surface area contributed by atoms with Gasteiger partial charge in [0.15, 0.2) is 0 Å². The van der Waals surface area contributed by atoms with Gasteiger partial charge in [-0.15, -0.1) is 0 Å². The zero-order chi connectivity index (χ0) is 12.1. The highest BCUT2D eigenvalue weighted by molar-refractivity contribution is 5.91. The number of cyclic esters (lactones) is 1. The first-order valence-corrected chi connectivity index (χ1v) is 5.53. The van der Waals surface area contributed by atoms with Gasteiger partial charge >= 0.3 is 5.97 Å². The molecule has 1 heterocycles. The normalized spacial score (nSPS) is 22.1. The van der Waals surface area contributed by atoms with Crippen LogP contribution in [0.4, 0.5) is 0 Å². The van der Waals surface area contributed by atoms with E-state index < -0.39 is 0 Å². The van der Waals surface area contributed by atoms with Crippen LogP contribution < -0.4 is 0 Å². The lowest BCUT2D eigenvalue weighted by Gasteiger charge is -2.01. The Bertz CT molecular complexity index is 346. The number of carbonyl (C=O) groups is 2. The van der Waals surface area contributed by atoms with Crippen LogP contribution in [0.1, 0.15) is 40.0 Å². The van der Waals surface area contributed by atoms with E-state index in [9.17, 15) is 9.59 Å². The Morgan fingerprint density at radius 1 is 1.44 bits per heavy atom. The first-order chi connectivity index (χ1) is 7.49. The SMILES string of the molecule is CC(=O)CC/C=C1\C[C@@H](C=C(C)C)OC1=O. The summed E-state index contributed by atoms with van der Waals surface area (Å²) < 4.78 is 5.17. The third-order valence-electron chi connectivity index (χ3n) is 2.35. The molecule has 0 bridgehead atoms. The lowest BCUT2D eigenvalue weighted by Crippen LogP contribution is -2.02. The van der Waals surface area contributed by atoms with Crippen molar-refractivity contribution < 1.29 is 14.3 Å². The summed E-state index contributed by atoms with van der Waals surface area (Å²) in [5.74, 6) is -0.102. The molecule has 1 rings (SSSR count). The molecule has 0 N–H and O–H groups in total. The van der Waals surface area contributed by atoms with Gasteiger partial charge in [-0.25, -0.2) is 4.79 Å². The van der Waals surface area contributed by atoms with E-state index in [1.165, 1.54) is 0 Å². The quantitative estimate of drug-likeness (QED) is 0.417. The summed E-state index contributed by atoms with van der Waals surface area (Å²) in [5.41, 5.74) is 1.84. The average Bonchev–Trinajstić information content (AvgIpc) is 2.45. The molecule has 0 aliphatic carbocycles. The molecule has 1 saturated heterocycles. The fraction of sp³-hybridized carbons (Fsp3) is 0.538. The molecule has 0 unspecified atom stereocenters. The summed E-state index contributed by atoms with van der Waals surface area (Å²) in [6, 6.07) is 0. The van der Waals surface area contributed by atoms with E-state index in [0.29, 0.717) is 24.8 Å². The fourth-order valence-corrected chi connectivity index (χ4v) is 1.64. The Kier molecular flexibility index (Phi) is 4.47. The maximum Gasteiger partial charge on any atom is 0.334 e. The maximum atomic E-state index is 11.4. The second-order valence-electron chi connectivity index (χ2n) is 4.36. The van der Waals surface area contributed by atoms with Gasteiger partial charge < -0.3 is 9.53 Å². The average molecular weight is 222 g/mol. The molecule has 1 aliphatic rings. The van der Waals surface area contributed by atoms with E-state index in [4.69, 9.17) is 4.74 Å². The van der Waals surface area contributed by atoms with Crippen molar-refractivity contribution in [1.29, 1.82) is 0 Å². The number of ketones is 1. The van der Waals surface area contributed by atoms with Crippen LogP contribution in [0.15, 0.2) is 23.3 Å². The summed E-state index contributed by atoms with van der Waals surface area (Å²) >= 11 is 0. The summed E-state index contributed by atoms with van der Waals surface area (Å²) in [7, 11) is 0. The Morgan fingerprint density at radius 3 is 2.69 bits per heavy atom. The minimum atomic E-state index is -0.244. The third kappa shape index (κ3) is 4.01. The second kappa shape index (κ2) is 5.64. The number of hydrogen-bond donors (Lipinski definition) is 0. The number of esters is 1. The van der Waals surface area contributed by atoms with E-state index in [1.54, 1.807) is 6.92 Å². The van der Waals surface area contributed by atoms with E-state index in [0.717, 1.165) is 5.57 Å². The summed E-state index contributed by atoms with van der Waals surface area (Å²) in [5, 5.41) is 0. The van der Waals surface area contributed by atoms with Gasteiger partial charge in [-0.3, -0.25) is 0 Å². The molecule has 0 spiro atoms. The minimum Gasteiger partial charge on any atom is -0.454 e. The molecule has 3 heteroatoms. The van der Waals surface area contributed by atoms with Crippen LogP contribution in [-0.2, 0) is 14.3 Å². The first-order valence-electron chi connectivity index (χ1n) is 5.53. The Morgan fingerprint density at radius 2 is 2.12 bits per heavy atom. The van der Waals surface area contributed by atoms with Crippen molar-refractivity contribution in [3.05, 3.63) is 23.3 Å². The third-order valence-corrected chi connectivity index (χ3v) is 2.35. The Balaban J connectivity index is 2.54. The van der Waals surface area contributed by atoms with Crippen LogP contribution in [0.2, 0.25) is 0 Å². The molecule has 0 amide bonds. The van der Waals surface area contributed by atoms with E-state index in [2.05, 4.69) is 0 Å². The van der Waals surface area contributed by atoms with Crippen LogP contribution in [0.25, 0.3) is 0 Å².